The molecule has 5 rings (SSSR count). The van der Waals surface area contributed by atoms with Crippen molar-refractivity contribution >= 4 is 17.5 Å². The molecule has 0 unspecified atom stereocenters. The molecule has 1 aliphatic heterocycles. The van der Waals surface area contributed by atoms with Gasteiger partial charge in [0.25, 0.3) is 11.8 Å². The molecule has 0 spiro atoms. The first-order valence-electron chi connectivity index (χ1n) is 12.1. The summed E-state index contributed by atoms with van der Waals surface area (Å²) in [5, 5.41) is 5.99. The molecule has 4 aromatic rings. The number of piperidine rings is 1. The van der Waals surface area contributed by atoms with Crippen LogP contribution in [0.4, 0.5) is 18.9 Å². The zero-order valence-corrected chi connectivity index (χ0v) is 20.5. The van der Waals surface area contributed by atoms with Gasteiger partial charge in [0.2, 0.25) is 0 Å². The lowest BCUT2D eigenvalue weighted by Crippen LogP contribution is -2.37. The van der Waals surface area contributed by atoms with Crippen molar-refractivity contribution in [1.29, 1.82) is 0 Å². The summed E-state index contributed by atoms with van der Waals surface area (Å²) in [5.41, 5.74) is 1.80. The summed E-state index contributed by atoms with van der Waals surface area (Å²) in [4.78, 5) is 34.6. The van der Waals surface area contributed by atoms with Gasteiger partial charge in [0.15, 0.2) is 5.69 Å². The summed E-state index contributed by atoms with van der Waals surface area (Å²) in [6.07, 6.45) is 0.415. The van der Waals surface area contributed by atoms with E-state index in [1.165, 1.54) is 7.05 Å². The Morgan fingerprint density at radius 1 is 1.03 bits per heavy atom. The number of H-pyrrole nitrogens is 1. The van der Waals surface area contributed by atoms with Crippen LogP contribution < -0.4 is 5.32 Å². The number of benzene rings is 2. The van der Waals surface area contributed by atoms with Crippen LogP contribution in [0.25, 0.3) is 11.4 Å². The van der Waals surface area contributed by atoms with E-state index in [0.29, 0.717) is 24.3 Å². The molecular formula is C27H25F3N6O2. The number of likely N-dealkylation sites (tertiary alicyclic amines) is 1. The van der Waals surface area contributed by atoms with Crippen LogP contribution in [0.3, 0.4) is 0 Å². The van der Waals surface area contributed by atoms with Gasteiger partial charge in [0, 0.05) is 55.4 Å². The number of rotatable bonds is 5. The second-order valence-electron chi connectivity index (χ2n) is 9.19. The highest BCUT2D eigenvalue weighted by Crippen LogP contribution is 2.31. The van der Waals surface area contributed by atoms with Crippen LogP contribution in [0.1, 0.15) is 50.9 Å². The fraction of sp³-hybridized carbons (Fsp3) is 0.259. The third-order valence-corrected chi connectivity index (χ3v) is 6.73. The van der Waals surface area contributed by atoms with E-state index in [-0.39, 0.29) is 17.5 Å². The van der Waals surface area contributed by atoms with Gasteiger partial charge in [-0.2, -0.15) is 18.3 Å². The monoisotopic (exact) mass is 522 g/mol. The van der Waals surface area contributed by atoms with Crippen LogP contribution in [0.15, 0.2) is 67.0 Å². The Bertz CT molecular complexity index is 1420. The number of nitrogens with one attached hydrogen (secondary N) is 2. The van der Waals surface area contributed by atoms with Gasteiger partial charge in [-0.05, 0) is 48.6 Å². The number of nitrogens with zero attached hydrogens (tertiary/aromatic N) is 4. The Hall–Kier alpha value is -4.41. The third-order valence-electron chi connectivity index (χ3n) is 6.73. The first-order chi connectivity index (χ1) is 18.2. The van der Waals surface area contributed by atoms with Crippen molar-refractivity contribution in [3.8, 4) is 11.4 Å². The lowest BCUT2D eigenvalue weighted by molar-refractivity contribution is -0.141. The van der Waals surface area contributed by atoms with E-state index in [1.54, 1.807) is 24.5 Å². The van der Waals surface area contributed by atoms with E-state index < -0.39 is 17.8 Å². The standard InChI is InChI=1S/C27H25F3N6O2/c1-35-22(16-23(34-35)27(28,29)30)25(37)33-21-8-6-17(7-9-21)18-10-14-36(15-11-18)26(38)20-4-2-19(3-5-20)24-31-12-13-32-24/h2-9,12-13,16,18H,10-11,14-15H2,1H3,(H,31,32)(H,33,37). The Kier molecular flexibility index (Phi) is 6.75. The Balaban J connectivity index is 1.16. The van der Waals surface area contributed by atoms with Crippen LogP contribution in [-0.2, 0) is 13.2 Å². The number of anilines is 1. The normalized spacial score (nSPS) is 14.5. The van der Waals surface area contributed by atoms with E-state index in [0.717, 1.165) is 40.5 Å². The fourth-order valence-electron chi connectivity index (χ4n) is 4.64. The molecule has 1 saturated heterocycles. The topological polar surface area (TPSA) is 95.9 Å². The summed E-state index contributed by atoms with van der Waals surface area (Å²) < 4.78 is 39.5. The van der Waals surface area contributed by atoms with Crippen LogP contribution in [0.2, 0.25) is 0 Å². The minimum Gasteiger partial charge on any atom is -0.345 e. The predicted molar refractivity (Wildman–Crippen MR) is 135 cm³/mol. The van der Waals surface area contributed by atoms with Gasteiger partial charge >= 0.3 is 6.18 Å². The molecule has 0 bridgehead atoms. The van der Waals surface area contributed by atoms with Gasteiger partial charge in [0.1, 0.15) is 11.5 Å². The van der Waals surface area contributed by atoms with Gasteiger partial charge in [-0.3, -0.25) is 14.3 Å². The molecule has 2 aromatic carbocycles. The van der Waals surface area contributed by atoms with Gasteiger partial charge < -0.3 is 15.2 Å². The fourth-order valence-corrected chi connectivity index (χ4v) is 4.64. The second kappa shape index (κ2) is 10.2. The highest BCUT2D eigenvalue weighted by atomic mass is 19.4. The zero-order valence-electron chi connectivity index (χ0n) is 20.5. The summed E-state index contributed by atoms with van der Waals surface area (Å²) in [6.45, 7) is 1.26. The number of aromatic nitrogens is 4. The first-order valence-corrected chi connectivity index (χ1v) is 12.1. The smallest absolute Gasteiger partial charge is 0.345 e. The van der Waals surface area contributed by atoms with Crippen LogP contribution in [0, 0.1) is 0 Å². The van der Waals surface area contributed by atoms with Crippen molar-refractivity contribution in [3.05, 3.63) is 89.5 Å². The van der Waals surface area contributed by atoms with Gasteiger partial charge in [0.05, 0.1) is 0 Å². The number of hydrogen-bond donors (Lipinski definition) is 2. The highest BCUT2D eigenvalue weighted by Gasteiger charge is 2.35. The van der Waals surface area contributed by atoms with Crippen molar-refractivity contribution in [2.75, 3.05) is 18.4 Å². The summed E-state index contributed by atoms with van der Waals surface area (Å²) in [6, 6.07) is 15.4. The first kappa shape index (κ1) is 25.2. The van der Waals surface area contributed by atoms with E-state index >= 15 is 0 Å². The highest BCUT2D eigenvalue weighted by molar-refractivity contribution is 6.03. The molecule has 196 valence electrons. The number of aromatic amines is 1. The van der Waals surface area contributed by atoms with Gasteiger partial charge in [-0.1, -0.05) is 24.3 Å². The molecule has 3 heterocycles. The number of halogens is 3. The van der Waals surface area contributed by atoms with Gasteiger partial charge in [-0.25, -0.2) is 4.98 Å². The van der Waals surface area contributed by atoms with E-state index in [4.69, 9.17) is 0 Å². The average Bonchev–Trinajstić information content (AvgIpc) is 3.59. The summed E-state index contributed by atoms with van der Waals surface area (Å²) >= 11 is 0. The quantitative estimate of drug-likeness (QED) is 0.381. The molecule has 2 aromatic heterocycles. The summed E-state index contributed by atoms with van der Waals surface area (Å²) in [7, 11) is 1.29. The molecule has 0 saturated carbocycles. The molecule has 1 fully saturated rings. The number of imidazole rings is 1. The molecule has 8 nitrogen and oxygen atoms in total. The number of carbonyl (C=O) groups is 2. The molecule has 11 heteroatoms. The molecule has 1 aliphatic rings. The molecule has 2 amide bonds. The SMILES string of the molecule is Cn1nc(C(F)(F)F)cc1C(=O)Nc1ccc(C2CCN(C(=O)c3ccc(-c4ncc[nH]4)cc3)CC2)cc1. The Morgan fingerprint density at radius 3 is 2.29 bits per heavy atom. The number of carbonyl (C=O) groups excluding carboxylic acids is 2. The van der Waals surface area contributed by atoms with Crippen molar-refractivity contribution < 1.29 is 22.8 Å². The molecule has 38 heavy (non-hydrogen) atoms. The minimum atomic E-state index is -4.62. The number of hydrogen-bond acceptors (Lipinski definition) is 4. The van der Waals surface area contributed by atoms with E-state index in [9.17, 15) is 22.8 Å². The van der Waals surface area contributed by atoms with E-state index in [2.05, 4.69) is 20.4 Å². The predicted octanol–water partition coefficient (Wildman–Crippen LogP) is 5.10. The van der Waals surface area contributed by atoms with Gasteiger partial charge in [-0.15, -0.1) is 0 Å². The lowest BCUT2D eigenvalue weighted by atomic mass is 9.89. The van der Waals surface area contributed by atoms with E-state index in [1.807, 2.05) is 41.3 Å². The minimum absolute atomic E-state index is 0.00338. The van der Waals surface area contributed by atoms with Crippen molar-refractivity contribution in [2.24, 2.45) is 7.05 Å². The van der Waals surface area contributed by atoms with Crippen LogP contribution in [-0.4, -0.2) is 49.6 Å². The number of alkyl halides is 3. The molecular weight excluding hydrogens is 497 g/mol. The number of aryl methyl sites for hydroxylation is 1. The van der Waals surface area contributed by atoms with Crippen molar-refractivity contribution in [3.63, 3.8) is 0 Å². The maximum atomic E-state index is 13.0. The second-order valence-corrected chi connectivity index (χ2v) is 9.19. The number of amides is 2. The molecule has 0 atom stereocenters. The van der Waals surface area contributed by atoms with Crippen LogP contribution in [0.5, 0.6) is 0 Å². The van der Waals surface area contributed by atoms with Crippen LogP contribution >= 0.6 is 0 Å². The third kappa shape index (κ3) is 5.31. The largest absolute Gasteiger partial charge is 0.435 e. The Morgan fingerprint density at radius 2 is 1.71 bits per heavy atom. The molecule has 0 radical (unpaired) electrons. The maximum Gasteiger partial charge on any atom is 0.435 e. The van der Waals surface area contributed by atoms with Crippen molar-refractivity contribution in [2.45, 2.75) is 24.9 Å². The summed E-state index contributed by atoms with van der Waals surface area (Å²) in [5.74, 6) is 0.336. The lowest BCUT2D eigenvalue weighted by Gasteiger charge is -2.32. The molecule has 0 aliphatic carbocycles. The van der Waals surface area contributed by atoms with Crippen molar-refractivity contribution in [1.82, 2.24) is 24.6 Å². The maximum absolute atomic E-state index is 13.0. The average molecular weight is 523 g/mol. The Labute approximate surface area is 216 Å². The zero-order chi connectivity index (χ0) is 26.9. The molecule has 2 N–H and O–H groups in total.